The molecule has 1 saturated heterocycles. The average Bonchev–Trinajstić information content (AvgIpc) is 3.43. The van der Waals surface area contributed by atoms with Gasteiger partial charge in [-0.2, -0.15) is 4.80 Å². The Morgan fingerprint density at radius 3 is 2.54 bits per heavy atom. The van der Waals surface area contributed by atoms with Crippen molar-refractivity contribution in [2.45, 2.75) is 106 Å². The molecule has 0 radical (unpaired) electrons. The number of tetrazole rings is 1. The van der Waals surface area contributed by atoms with E-state index in [0.29, 0.717) is 44.6 Å². The molecule has 5 aliphatic rings. The maximum atomic E-state index is 13.4. The van der Waals surface area contributed by atoms with Gasteiger partial charge in [-0.25, -0.2) is 0 Å². The number of hydrogen-bond donors (Lipinski definition) is 3. The SMILES string of the molecule is CC(=O)Nc1nnn([C@@H]2C[C@]3(C)COC[C@@]4(C5=CC[C@@]6(C)[C@H](C(=O)O)[C@@](C)([C@H](C)C(C)C)CC[C@]6(C)[C@H]5CC[C@H]34)[C@H]2OCCN)n1. The predicted molar refractivity (Wildman–Crippen MR) is 174 cm³/mol. The zero-order valence-electron chi connectivity index (χ0n) is 29.1. The average molecular weight is 641 g/mol. The number of amides is 1. The molecule has 6 rings (SSSR count). The first-order chi connectivity index (χ1) is 21.6. The molecule has 4 N–H and O–H groups in total. The van der Waals surface area contributed by atoms with Crippen LogP contribution in [-0.4, -0.2) is 69.7 Å². The number of nitrogens with zero attached hydrogens (tertiary/aromatic N) is 4. The number of ether oxygens (including phenoxy) is 2. The standard InChI is InChI=1S/C35H56N6O5/c1-20(2)21(3)32(6)13-14-33(7)23-9-10-26-31(5)17-25(41-39-30(38-40-41)37-22(4)42)28(46-16-15-36)35(26,19-45-18-31)24(23)11-12-34(33,8)27(32)29(43)44/h11,20-21,23,25-28H,9-10,12-19,36H2,1-8H3,(H,43,44)(H,37,39,42)/t21-,23+,25-,26-,27-,28+,31-,32-,33-,34+,35+/m1/s1. The molecule has 0 aromatic carbocycles. The number of carboxylic acids is 1. The molecular formula is C35H56N6O5. The molecule has 46 heavy (non-hydrogen) atoms. The lowest BCUT2D eigenvalue weighted by molar-refractivity contribution is -0.252. The van der Waals surface area contributed by atoms with Crippen LogP contribution in [-0.2, 0) is 19.1 Å². The van der Waals surface area contributed by atoms with Crippen molar-refractivity contribution in [3.05, 3.63) is 11.6 Å². The van der Waals surface area contributed by atoms with E-state index in [4.69, 9.17) is 15.2 Å². The van der Waals surface area contributed by atoms with Gasteiger partial charge in [0.25, 0.3) is 5.95 Å². The topological polar surface area (TPSA) is 154 Å². The van der Waals surface area contributed by atoms with Gasteiger partial charge < -0.3 is 20.3 Å². The van der Waals surface area contributed by atoms with Crippen LogP contribution < -0.4 is 11.1 Å². The maximum absolute atomic E-state index is 13.4. The fraction of sp³-hybridized carbons (Fsp3) is 0.857. The summed E-state index contributed by atoms with van der Waals surface area (Å²) in [7, 11) is 0. The van der Waals surface area contributed by atoms with Gasteiger partial charge in [0.1, 0.15) is 6.04 Å². The Morgan fingerprint density at radius 2 is 1.89 bits per heavy atom. The van der Waals surface area contributed by atoms with E-state index < -0.39 is 22.7 Å². The molecule has 11 heteroatoms. The van der Waals surface area contributed by atoms with E-state index in [0.717, 1.165) is 32.1 Å². The Hall–Kier alpha value is -2.37. The molecule has 2 bridgehead atoms. The summed E-state index contributed by atoms with van der Waals surface area (Å²) in [5, 5.41) is 26.9. The van der Waals surface area contributed by atoms with Crippen molar-refractivity contribution in [2.75, 3.05) is 31.7 Å². The van der Waals surface area contributed by atoms with Gasteiger partial charge in [0.15, 0.2) is 0 Å². The summed E-state index contributed by atoms with van der Waals surface area (Å²) in [5.74, 6) is 0.0345. The van der Waals surface area contributed by atoms with Gasteiger partial charge >= 0.3 is 5.97 Å². The number of carbonyl (C=O) groups excluding carboxylic acids is 1. The number of nitrogens with one attached hydrogen (secondary N) is 1. The van der Waals surface area contributed by atoms with Gasteiger partial charge in [-0.15, -0.1) is 5.10 Å². The summed E-state index contributed by atoms with van der Waals surface area (Å²) in [4.78, 5) is 26.8. The number of aliphatic carboxylic acids is 1. The number of nitrogens with two attached hydrogens (primary N) is 1. The fourth-order valence-electron chi connectivity index (χ4n) is 11.8. The highest BCUT2D eigenvalue weighted by Gasteiger charge is 2.72. The molecule has 4 aliphatic carbocycles. The van der Waals surface area contributed by atoms with Crippen molar-refractivity contribution in [3.63, 3.8) is 0 Å². The molecule has 256 valence electrons. The summed E-state index contributed by atoms with van der Waals surface area (Å²) < 4.78 is 13.4. The van der Waals surface area contributed by atoms with E-state index in [1.165, 1.54) is 12.5 Å². The Kier molecular flexibility index (Phi) is 8.28. The van der Waals surface area contributed by atoms with Crippen molar-refractivity contribution < 1.29 is 24.2 Å². The molecule has 0 unspecified atom stereocenters. The number of anilines is 1. The maximum Gasteiger partial charge on any atom is 0.307 e. The second-order valence-electron chi connectivity index (χ2n) is 16.8. The van der Waals surface area contributed by atoms with E-state index in [1.807, 2.05) is 0 Å². The van der Waals surface area contributed by atoms with E-state index >= 15 is 0 Å². The lowest BCUT2D eigenvalue weighted by Gasteiger charge is -2.71. The minimum Gasteiger partial charge on any atom is -0.481 e. The van der Waals surface area contributed by atoms with E-state index in [2.05, 4.69) is 75.3 Å². The molecule has 3 saturated carbocycles. The Labute approximate surface area is 273 Å². The van der Waals surface area contributed by atoms with Gasteiger partial charge in [-0.1, -0.05) is 65.2 Å². The second-order valence-corrected chi connectivity index (χ2v) is 16.8. The van der Waals surface area contributed by atoms with Crippen molar-refractivity contribution in [3.8, 4) is 0 Å². The zero-order chi connectivity index (χ0) is 33.4. The molecule has 1 amide bonds. The monoisotopic (exact) mass is 640 g/mol. The number of hydrogen-bond acceptors (Lipinski definition) is 8. The van der Waals surface area contributed by atoms with Crippen molar-refractivity contribution in [1.29, 1.82) is 0 Å². The molecule has 11 nitrogen and oxygen atoms in total. The predicted octanol–water partition coefficient (Wildman–Crippen LogP) is 5.11. The molecule has 1 aromatic rings. The summed E-state index contributed by atoms with van der Waals surface area (Å²) in [6, 6.07) is -0.235. The lowest BCUT2D eigenvalue weighted by atomic mass is 9.34. The van der Waals surface area contributed by atoms with Crippen molar-refractivity contribution in [2.24, 2.45) is 62.4 Å². The Balaban J connectivity index is 1.49. The third-order valence-corrected chi connectivity index (χ3v) is 14.4. The third-order valence-electron chi connectivity index (χ3n) is 14.4. The van der Waals surface area contributed by atoms with Gasteiger partial charge in [-0.05, 0) is 89.1 Å². The third kappa shape index (κ3) is 4.57. The van der Waals surface area contributed by atoms with Crippen molar-refractivity contribution >= 4 is 17.8 Å². The van der Waals surface area contributed by atoms with Gasteiger partial charge in [0, 0.05) is 18.9 Å². The molecule has 0 spiro atoms. The van der Waals surface area contributed by atoms with Crippen LogP contribution in [0.15, 0.2) is 11.6 Å². The van der Waals surface area contributed by atoms with Gasteiger partial charge in [-0.3, -0.25) is 14.9 Å². The summed E-state index contributed by atoms with van der Waals surface area (Å²) in [6.07, 6.45) is 7.52. The number of aromatic nitrogens is 4. The first-order valence-electron chi connectivity index (χ1n) is 17.5. The number of carboxylic acid groups (broad SMARTS) is 1. The molecule has 1 aliphatic heterocycles. The number of fused-ring (bicyclic) bond motifs is 3. The van der Waals surface area contributed by atoms with Crippen LogP contribution in [0, 0.1) is 56.7 Å². The molecule has 1 aromatic heterocycles. The van der Waals surface area contributed by atoms with E-state index in [-0.39, 0.29) is 52.1 Å². The lowest BCUT2D eigenvalue weighted by Crippen LogP contribution is -2.70. The van der Waals surface area contributed by atoms with E-state index in [9.17, 15) is 14.7 Å². The summed E-state index contributed by atoms with van der Waals surface area (Å²) >= 11 is 0. The summed E-state index contributed by atoms with van der Waals surface area (Å²) in [5.41, 5.74) is 5.93. The molecule has 11 atom stereocenters. The largest absolute Gasteiger partial charge is 0.481 e. The van der Waals surface area contributed by atoms with Crippen LogP contribution in [0.25, 0.3) is 0 Å². The van der Waals surface area contributed by atoms with Crippen LogP contribution in [0.1, 0.15) is 100.0 Å². The van der Waals surface area contributed by atoms with Gasteiger partial charge in [0.2, 0.25) is 5.91 Å². The van der Waals surface area contributed by atoms with E-state index in [1.54, 1.807) is 4.80 Å². The van der Waals surface area contributed by atoms with Crippen LogP contribution >= 0.6 is 0 Å². The quantitative estimate of drug-likeness (QED) is 0.329. The smallest absolute Gasteiger partial charge is 0.307 e. The van der Waals surface area contributed by atoms with Crippen LogP contribution in [0.3, 0.4) is 0 Å². The second kappa shape index (κ2) is 11.4. The van der Waals surface area contributed by atoms with Crippen LogP contribution in [0.2, 0.25) is 0 Å². The highest BCUT2D eigenvalue weighted by molar-refractivity contribution is 5.86. The minimum atomic E-state index is -0.658. The van der Waals surface area contributed by atoms with Crippen LogP contribution in [0.5, 0.6) is 0 Å². The number of rotatable bonds is 8. The Bertz CT molecular complexity index is 1400. The minimum absolute atomic E-state index is 0.151. The first kappa shape index (κ1) is 33.5. The Morgan fingerprint density at radius 1 is 1.15 bits per heavy atom. The fourth-order valence-corrected chi connectivity index (χ4v) is 11.8. The molecule has 2 heterocycles. The highest BCUT2D eigenvalue weighted by Crippen LogP contribution is 2.75. The highest BCUT2D eigenvalue weighted by atomic mass is 16.5. The normalized spacial score (nSPS) is 44.0. The zero-order valence-corrected chi connectivity index (χ0v) is 29.1. The van der Waals surface area contributed by atoms with Gasteiger partial charge in [0.05, 0.1) is 31.8 Å². The van der Waals surface area contributed by atoms with Crippen molar-refractivity contribution in [1.82, 2.24) is 20.2 Å². The number of allylic oxidation sites excluding steroid dienone is 1. The summed E-state index contributed by atoms with van der Waals surface area (Å²) in [6.45, 7) is 19.4. The number of carbonyl (C=O) groups is 2. The van der Waals surface area contributed by atoms with Crippen LogP contribution in [0.4, 0.5) is 5.95 Å². The molecule has 4 fully saturated rings. The first-order valence-corrected chi connectivity index (χ1v) is 17.5. The molecular weight excluding hydrogens is 584 g/mol.